The fourth-order valence-corrected chi connectivity index (χ4v) is 3.05. The highest BCUT2D eigenvalue weighted by Gasteiger charge is 2.17. The number of nitrogens with two attached hydrogens (primary N) is 1. The number of nitrogens with zero attached hydrogens (tertiary/aromatic N) is 2. The maximum absolute atomic E-state index is 12.2. The van der Waals surface area contributed by atoms with Crippen LogP contribution in [0.3, 0.4) is 0 Å². The summed E-state index contributed by atoms with van der Waals surface area (Å²) in [5.74, 6) is 0.366. The first-order valence-corrected chi connectivity index (χ1v) is 9.30. The molecule has 0 aromatic heterocycles. The monoisotopic (exact) mass is 493 g/mol. The van der Waals surface area contributed by atoms with Crippen LogP contribution in [0.1, 0.15) is 29.5 Å². The van der Waals surface area contributed by atoms with Gasteiger partial charge in [-0.2, -0.15) is 0 Å². The third-order valence-corrected chi connectivity index (χ3v) is 4.78. The molecule has 150 valence electrons. The zero-order valence-electron chi connectivity index (χ0n) is 16.4. The van der Waals surface area contributed by atoms with Crippen molar-refractivity contribution in [2.45, 2.75) is 33.2 Å². The molecule has 1 aliphatic rings. The quantitative estimate of drug-likeness (QED) is 0.334. The number of urea groups is 1. The molecule has 0 saturated carbocycles. The number of rotatable bonds is 4. The molecular weight excluding hydrogens is 465 g/mol. The summed E-state index contributed by atoms with van der Waals surface area (Å²) < 4.78 is 0. The van der Waals surface area contributed by atoms with E-state index in [1.807, 2.05) is 41.3 Å². The number of amides is 2. The summed E-state index contributed by atoms with van der Waals surface area (Å²) in [6, 6.07) is 13.8. The molecule has 0 spiro atoms. The maximum Gasteiger partial charge on any atom is 0.321 e. The average molecular weight is 493 g/mol. The molecule has 0 bridgehead atoms. The molecule has 1 saturated heterocycles. The van der Waals surface area contributed by atoms with Crippen LogP contribution in [0, 0.1) is 13.8 Å². The maximum atomic E-state index is 12.2. The van der Waals surface area contributed by atoms with Gasteiger partial charge < -0.3 is 21.3 Å². The number of hydrogen-bond donors (Lipinski definition) is 3. The molecule has 1 aliphatic heterocycles. The second-order valence-corrected chi connectivity index (χ2v) is 6.95. The predicted molar refractivity (Wildman–Crippen MR) is 127 cm³/mol. The van der Waals surface area contributed by atoms with Crippen molar-refractivity contribution in [2.75, 3.05) is 23.7 Å². The first-order valence-electron chi connectivity index (χ1n) is 9.30. The van der Waals surface area contributed by atoms with E-state index in [9.17, 15) is 4.79 Å². The summed E-state index contributed by atoms with van der Waals surface area (Å²) in [4.78, 5) is 18.4. The van der Waals surface area contributed by atoms with Gasteiger partial charge >= 0.3 is 6.03 Å². The second-order valence-electron chi connectivity index (χ2n) is 6.95. The minimum atomic E-state index is -0.0379. The lowest BCUT2D eigenvalue weighted by Gasteiger charge is -2.16. The first-order chi connectivity index (χ1) is 13.0. The summed E-state index contributed by atoms with van der Waals surface area (Å²) in [7, 11) is 0. The first kappa shape index (κ1) is 22.0. The van der Waals surface area contributed by atoms with Gasteiger partial charge in [0.05, 0.1) is 6.54 Å². The summed E-state index contributed by atoms with van der Waals surface area (Å²) in [6.45, 7) is 6.24. The van der Waals surface area contributed by atoms with Crippen LogP contribution in [-0.4, -0.2) is 30.0 Å². The van der Waals surface area contributed by atoms with E-state index in [1.165, 1.54) is 11.1 Å². The molecule has 0 radical (unpaired) electrons. The minimum Gasteiger partial charge on any atom is -0.370 e. The molecule has 0 atom stereocenters. The number of hydrogen-bond acceptors (Lipinski definition) is 2. The molecule has 7 heteroatoms. The van der Waals surface area contributed by atoms with E-state index in [2.05, 4.69) is 35.5 Å². The van der Waals surface area contributed by atoms with Crippen molar-refractivity contribution in [3.63, 3.8) is 0 Å². The molecule has 2 amide bonds. The van der Waals surface area contributed by atoms with Gasteiger partial charge in [0.1, 0.15) is 0 Å². The van der Waals surface area contributed by atoms with Crippen LogP contribution in [0.2, 0.25) is 0 Å². The van der Waals surface area contributed by atoms with Crippen LogP contribution in [-0.2, 0) is 6.54 Å². The van der Waals surface area contributed by atoms with Gasteiger partial charge in [0.15, 0.2) is 5.96 Å². The number of aliphatic imine (C=N–C) groups is 1. The van der Waals surface area contributed by atoms with Crippen LogP contribution >= 0.6 is 24.0 Å². The van der Waals surface area contributed by atoms with Crippen LogP contribution < -0.4 is 16.4 Å². The van der Waals surface area contributed by atoms with E-state index >= 15 is 0 Å². The van der Waals surface area contributed by atoms with Gasteiger partial charge in [-0.25, -0.2) is 9.79 Å². The number of aryl methyl sites for hydroxylation is 2. The summed E-state index contributed by atoms with van der Waals surface area (Å²) in [6.07, 6.45) is 2.16. The van der Waals surface area contributed by atoms with Crippen LogP contribution in [0.15, 0.2) is 47.5 Å². The Morgan fingerprint density at radius 1 is 1.04 bits per heavy atom. The van der Waals surface area contributed by atoms with Gasteiger partial charge in [-0.3, -0.25) is 0 Å². The SMILES string of the molecule is Cc1ccc(NC(N)=NCc2cccc(NC(=O)N3CCCC3)c2)cc1C.I. The Morgan fingerprint density at radius 3 is 2.46 bits per heavy atom. The fourth-order valence-electron chi connectivity index (χ4n) is 3.05. The lowest BCUT2D eigenvalue weighted by molar-refractivity contribution is 0.222. The largest absolute Gasteiger partial charge is 0.370 e. The number of guanidine groups is 1. The van der Waals surface area contributed by atoms with Crippen LogP contribution in [0.25, 0.3) is 0 Å². The Hall–Kier alpha value is -2.29. The minimum absolute atomic E-state index is 0. The van der Waals surface area contributed by atoms with Crippen molar-refractivity contribution in [3.8, 4) is 0 Å². The van der Waals surface area contributed by atoms with Crippen LogP contribution in [0.4, 0.5) is 16.2 Å². The zero-order valence-corrected chi connectivity index (χ0v) is 18.7. The number of carbonyl (C=O) groups is 1. The molecule has 0 aliphatic carbocycles. The predicted octanol–water partition coefficient (Wildman–Crippen LogP) is 4.48. The van der Waals surface area contributed by atoms with Gasteiger partial charge in [-0.1, -0.05) is 18.2 Å². The molecular formula is C21H28IN5O. The average Bonchev–Trinajstić information content (AvgIpc) is 3.18. The number of nitrogens with one attached hydrogen (secondary N) is 2. The van der Waals surface area contributed by atoms with Crippen LogP contribution in [0.5, 0.6) is 0 Å². The number of benzene rings is 2. The van der Waals surface area contributed by atoms with Crippen molar-refractivity contribution >= 4 is 47.3 Å². The normalized spacial score (nSPS) is 13.8. The van der Waals surface area contributed by atoms with Gasteiger partial charge in [0.2, 0.25) is 0 Å². The second kappa shape index (κ2) is 10.3. The van der Waals surface area contributed by atoms with Gasteiger partial charge in [0.25, 0.3) is 0 Å². The Morgan fingerprint density at radius 2 is 1.75 bits per heavy atom. The molecule has 1 heterocycles. The van der Waals surface area contributed by atoms with E-state index in [0.29, 0.717) is 12.5 Å². The Kier molecular flexibility index (Phi) is 8.10. The smallest absolute Gasteiger partial charge is 0.321 e. The van der Waals surface area contributed by atoms with E-state index in [-0.39, 0.29) is 30.0 Å². The molecule has 2 aromatic rings. The zero-order chi connectivity index (χ0) is 19.2. The number of anilines is 2. The van der Waals surface area contributed by atoms with E-state index in [0.717, 1.165) is 42.9 Å². The molecule has 0 unspecified atom stereocenters. The highest BCUT2D eigenvalue weighted by Crippen LogP contribution is 2.16. The van der Waals surface area contributed by atoms with Crippen molar-refractivity contribution in [3.05, 3.63) is 59.2 Å². The molecule has 2 aromatic carbocycles. The molecule has 6 nitrogen and oxygen atoms in total. The molecule has 3 rings (SSSR count). The molecule has 28 heavy (non-hydrogen) atoms. The standard InChI is InChI=1S/C21H27N5O.HI/c1-15-8-9-19(12-16(15)2)24-20(22)23-14-17-6-5-7-18(13-17)25-21(27)26-10-3-4-11-26;/h5-9,12-13H,3-4,10-11,14H2,1-2H3,(H,25,27)(H3,22,23,24);1H. The number of halogens is 1. The summed E-state index contributed by atoms with van der Waals surface area (Å²) in [5, 5.41) is 6.07. The summed E-state index contributed by atoms with van der Waals surface area (Å²) in [5.41, 5.74) is 11.1. The number of likely N-dealkylation sites (tertiary alicyclic amines) is 1. The van der Waals surface area contributed by atoms with E-state index in [4.69, 9.17) is 5.73 Å². The number of carbonyl (C=O) groups excluding carboxylic acids is 1. The lowest BCUT2D eigenvalue weighted by Crippen LogP contribution is -2.32. The third-order valence-electron chi connectivity index (χ3n) is 4.78. The van der Waals surface area contributed by atoms with Gasteiger partial charge in [0, 0.05) is 24.5 Å². The third kappa shape index (κ3) is 6.12. The Bertz CT molecular complexity index is 846. The topological polar surface area (TPSA) is 82.7 Å². The highest BCUT2D eigenvalue weighted by molar-refractivity contribution is 14.0. The Labute approximate surface area is 183 Å². The lowest BCUT2D eigenvalue weighted by atomic mass is 10.1. The van der Waals surface area contributed by atoms with Crippen molar-refractivity contribution in [1.82, 2.24) is 4.90 Å². The van der Waals surface area contributed by atoms with Crippen molar-refractivity contribution < 1.29 is 4.79 Å². The van der Waals surface area contributed by atoms with E-state index in [1.54, 1.807) is 0 Å². The molecule has 1 fully saturated rings. The fraction of sp³-hybridized carbons (Fsp3) is 0.333. The Balaban J connectivity index is 0.00000280. The van der Waals surface area contributed by atoms with Gasteiger partial charge in [-0.15, -0.1) is 24.0 Å². The van der Waals surface area contributed by atoms with Gasteiger partial charge in [-0.05, 0) is 67.6 Å². The highest BCUT2D eigenvalue weighted by atomic mass is 127. The van der Waals surface area contributed by atoms with Crippen molar-refractivity contribution in [2.24, 2.45) is 10.7 Å². The summed E-state index contributed by atoms with van der Waals surface area (Å²) >= 11 is 0. The van der Waals surface area contributed by atoms with Crippen molar-refractivity contribution in [1.29, 1.82) is 0 Å². The van der Waals surface area contributed by atoms with E-state index < -0.39 is 0 Å². The molecule has 4 N–H and O–H groups in total.